The van der Waals surface area contributed by atoms with Gasteiger partial charge in [-0.1, -0.05) is 19.8 Å². The molecule has 0 bridgehead atoms. The fraction of sp³-hybridized carbons (Fsp3) is 0.714. The van der Waals surface area contributed by atoms with Gasteiger partial charge in [0.05, 0.1) is 5.75 Å². The van der Waals surface area contributed by atoms with Crippen LogP contribution in [0.5, 0.6) is 0 Å². The maximum Gasteiger partial charge on any atom is 0.140 e. The number of hydrogen-bond donors (Lipinski definition) is 1. The van der Waals surface area contributed by atoms with E-state index in [2.05, 4.69) is 23.3 Å². The van der Waals surface area contributed by atoms with E-state index >= 15 is 0 Å². The highest BCUT2D eigenvalue weighted by Gasteiger charge is 2.19. The molecular formula is C14H23N3S. The second-order valence-corrected chi connectivity index (χ2v) is 5.98. The third kappa shape index (κ3) is 3.61. The van der Waals surface area contributed by atoms with E-state index in [0.29, 0.717) is 5.92 Å². The molecule has 1 fully saturated rings. The molecule has 0 amide bonds. The highest BCUT2D eigenvalue weighted by molar-refractivity contribution is 7.98. The molecule has 1 heterocycles. The Hall–Kier alpha value is -0.770. The molecule has 1 aliphatic carbocycles. The van der Waals surface area contributed by atoms with E-state index < -0.39 is 0 Å². The summed E-state index contributed by atoms with van der Waals surface area (Å²) in [6.45, 7) is 2.21. The van der Waals surface area contributed by atoms with E-state index in [1.165, 1.54) is 43.6 Å². The monoisotopic (exact) mass is 265 g/mol. The molecule has 1 saturated carbocycles. The molecule has 1 aromatic rings. The van der Waals surface area contributed by atoms with E-state index in [-0.39, 0.29) is 0 Å². The molecular weight excluding hydrogens is 242 g/mol. The number of thioether (sulfide) groups is 1. The number of anilines is 1. The van der Waals surface area contributed by atoms with Crippen molar-refractivity contribution in [3.8, 4) is 0 Å². The lowest BCUT2D eigenvalue weighted by Crippen LogP contribution is -2.05. The molecule has 18 heavy (non-hydrogen) atoms. The molecule has 1 N–H and O–H groups in total. The molecule has 0 radical (unpaired) electrons. The number of nitrogens with one attached hydrogen (secondary N) is 1. The van der Waals surface area contributed by atoms with E-state index in [1.807, 2.05) is 18.8 Å². The van der Waals surface area contributed by atoms with Gasteiger partial charge in [0.1, 0.15) is 11.6 Å². The summed E-state index contributed by atoms with van der Waals surface area (Å²) < 4.78 is 0. The number of hydrogen-bond acceptors (Lipinski definition) is 4. The molecule has 4 heteroatoms. The summed E-state index contributed by atoms with van der Waals surface area (Å²) in [7, 11) is 1.93. The zero-order chi connectivity index (χ0) is 12.8. The van der Waals surface area contributed by atoms with Crippen molar-refractivity contribution in [1.29, 1.82) is 0 Å². The molecule has 0 aliphatic heterocycles. The lowest BCUT2D eigenvalue weighted by atomic mass is 10.0. The van der Waals surface area contributed by atoms with Crippen molar-refractivity contribution >= 4 is 17.6 Å². The van der Waals surface area contributed by atoms with Gasteiger partial charge < -0.3 is 5.32 Å². The summed E-state index contributed by atoms with van der Waals surface area (Å²) in [5.41, 5.74) is 1.25. The van der Waals surface area contributed by atoms with Crippen LogP contribution >= 0.6 is 11.8 Å². The predicted molar refractivity (Wildman–Crippen MR) is 79.2 cm³/mol. The Labute approximate surface area is 114 Å². The molecule has 0 aromatic carbocycles. The molecule has 0 unspecified atom stereocenters. The van der Waals surface area contributed by atoms with Crippen molar-refractivity contribution in [2.45, 2.75) is 50.7 Å². The van der Waals surface area contributed by atoms with Gasteiger partial charge >= 0.3 is 0 Å². The minimum Gasteiger partial charge on any atom is -0.373 e. The Morgan fingerprint density at radius 3 is 2.78 bits per heavy atom. The van der Waals surface area contributed by atoms with Gasteiger partial charge in [-0.15, -0.1) is 0 Å². The largest absolute Gasteiger partial charge is 0.373 e. The molecule has 1 aromatic heterocycles. The van der Waals surface area contributed by atoms with Crippen LogP contribution in [-0.2, 0) is 5.75 Å². The van der Waals surface area contributed by atoms with Crippen LogP contribution in [0.1, 0.15) is 56.5 Å². The summed E-state index contributed by atoms with van der Waals surface area (Å²) in [5, 5.41) is 3.16. The van der Waals surface area contributed by atoms with Crippen molar-refractivity contribution in [3.63, 3.8) is 0 Å². The van der Waals surface area contributed by atoms with Crippen molar-refractivity contribution in [2.24, 2.45) is 0 Å². The van der Waals surface area contributed by atoms with Crippen LogP contribution in [0.25, 0.3) is 0 Å². The third-order valence-corrected chi connectivity index (χ3v) is 4.56. The first-order valence-electron chi connectivity index (χ1n) is 6.96. The third-order valence-electron chi connectivity index (χ3n) is 3.40. The van der Waals surface area contributed by atoms with Crippen LogP contribution in [0.4, 0.5) is 5.82 Å². The molecule has 2 rings (SSSR count). The van der Waals surface area contributed by atoms with Gasteiger partial charge in [-0.05, 0) is 25.0 Å². The van der Waals surface area contributed by atoms with Crippen molar-refractivity contribution in [3.05, 3.63) is 17.6 Å². The maximum absolute atomic E-state index is 4.76. The van der Waals surface area contributed by atoms with Gasteiger partial charge in [-0.3, -0.25) is 0 Å². The summed E-state index contributed by atoms with van der Waals surface area (Å²) in [5.74, 6) is 4.74. The van der Waals surface area contributed by atoms with Gasteiger partial charge in [0.25, 0.3) is 0 Å². The maximum atomic E-state index is 4.76. The highest BCUT2D eigenvalue weighted by Crippen LogP contribution is 2.33. The van der Waals surface area contributed by atoms with Gasteiger partial charge in [0, 0.05) is 24.7 Å². The molecule has 1 aliphatic rings. The smallest absolute Gasteiger partial charge is 0.140 e. The minimum atomic E-state index is 0.662. The van der Waals surface area contributed by atoms with Crippen LogP contribution < -0.4 is 5.32 Å². The van der Waals surface area contributed by atoms with Gasteiger partial charge in [-0.2, -0.15) is 11.8 Å². The zero-order valence-corrected chi connectivity index (χ0v) is 12.2. The van der Waals surface area contributed by atoms with Crippen molar-refractivity contribution in [2.75, 3.05) is 18.1 Å². The predicted octanol–water partition coefficient (Wildman–Crippen LogP) is 3.82. The number of nitrogens with zero attached hydrogens (tertiary/aromatic N) is 2. The van der Waals surface area contributed by atoms with Crippen molar-refractivity contribution in [1.82, 2.24) is 9.97 Å². The molecule has 3 nitrogen and oxygen atoms in total. The quantitative estimate of drug-likeness (QED) is 0.794. The lowest BCUT2D eigenvalue weighted by molar-refractivity contribution is 0.689. The topological polar surface area (TPSA) is 37.8 Å². The fourth-order valence-corrected chi connectivity index (χ4v) is 3.19. The zero-order valence-electron chi connectivity index (χ0n) is 11.4. The standard InChI is InChI=1S/C14H23N3S/c1-3-8-18-10-14-16-12(9-13(15-2)17-14)11-6-4-5-7-11/h9,11H,3-8,10H2,1-2H3,(H,15,16,17). The molecule has 0 spiro atoms. The van der Waals surface area contributed by atoms with Crippen LogP contribution in [0.15, 0.2) is 6.07 Å². The Balaban J connectivity index is 2.10. The average molecular weight is 265 g/mol. The summed E-state index contributed by atoms with van der Waals surface area (Å²) in [6.07, 6.45) is 6.50. The number of rotatable bonds is 6. The Morgan fingerprint density at radius 2 is 2.11 bits per heavy atom. The van der Waals surface area contributed by atoms with E-state index in [9.17, 15) is 0 Å². The first-order chi connectivity index (χ1) is 8.83. The van der Waals surface area contributed by atoms with Crippen LogP contribution in [0.2, 0.25) is 0 Å². The molecule has 0 saturated heterocycles. The summed E-state index contributed by atoms with van der Waals surface area (Å²) in [6, 6.07) is 2.13. The highest BCUT2D eigenvalue weighted by atomic mass is 32.2. The first-order valence-corrected chi connectivity index (χ1v) is 8.12. The second kappa shape index (κ2) is 6.98. The Bertz CT molecular complexity index is 375. The van der Waals surface area contributed by atoms with Crippen molar-refractivity contribution < 1.29 is 0 Å². The van der Waals surface area contributed by atoms with Crippen LogP contribution in [0, 0.1) is 0 Å². The summed E-state index contributed by atoms with van der Waals surface area (Å²) >= 11 is 1.92. The lowest BCUT2D eigenvalue weighted by Gasteiger charge is -2.12. The van der Waals surface area contributed by atoms with E-state index in [4.69, 9.17) is 4.98 Å². The second-order valence-electron chi connectivity index (χ2n) is 4.88. The van der Waals surface area contributed by atoms with Gasteiger partial charge in [0.2, 0.25) is 0 Å². The molecule has 100 valence electrons. The number of aromatic nitrogens is 2. The van der Waals surface area contributed by atoms with E-state index in [0.717, 1.165) is 17.4 Å². The summed E-state index contributed by atoms with van der Waals surface area (Å²) in [4.78, 5) is 9.32. The molecule has 0 atom stereocenters. The normalized spacial score (nSPS) is 16.1. The minimum absolute atomic E-state index is 0.662. The Morgan fingerprint density at radius 1 is 1.33 bits per heavy atom. The van der Waals surface area contributed by atoms with E-state index in [1.54, 1.807) is 0 Å². The fourth-order valence-electron chi connectivity index (χ4n) is 2.45. The average Bonchev–Trinajstić information content (AvgIpc) is 2.92. The van der Waals surface area contributed by atoms with Crippen LogP contribution in [-0.4, -0.2) is 22.8 Å². The van der Waals surface area contributed by atoms with Gasteiger partial charge in [-0.25, -0.2) is 9.97 Å². The van der Waals surface area contributed by atoms with Gasteiger partial charge in [0.15, 0.2) is 0 Å². The Kier molecular flexibility index (Phi) is 5.29. The SMILES string of the molecule is CCCSCc1nc(NC)cc(C2CCCC2)n1. The first kappa shape index (κ1) is 13.7. The van der Waals surface area contributed by atoms with Crippen LogP contribution in [0.3, 0.4) is 0 Å².